The molecule has 0 fully saturated rings. The van der Waals surface area contributed by atoms with Crippen molar-refractivity contribution in [1.29, 1.82) is 0 Å². The molecule has 0 radical (unpaired) electrons. The first-order valence-corrected chi connectivity index (χ1v) is 11.0. The van der Waals surface area contributed by atoms with Crippen molar-refractivity contribution in [2.75, 3.05) is 13.2 Å². The van der Waals surface area contributed by atoms with Crippen molar-refractivity contribution in [3.63, 3.8) is 0 Å². The number of carbonyl (C=O) groups is 1. The van der Waals surface area contributed by atoms with Gasteiger partial charge in [0.05, 0.1) is 18.2 Å². The van der Waals surface area contributed by atoms with Gasteiger partial charge in [0.2, 0.25) is 11.7 Å². The summed E-state index contributed by atoms with van der Waals surface area (Å²) in [6.07, 6.45) is 4.14. The van der Waals surface area contributed by atoms with E-state index in [9.17, 15) is 4.79 Å². The first-order valence-electron chi connectivity index (χ1n) is 10.6. The number of hydrogen-bond acceptors (Lipinski definition) is 7. The van der Waals surface area contributed by atoms with Crippen LogP contribution in [0.25, 0.3) is 11.4 Å². The number of hydrogen-bond donors (Lipinski definition) is 1. The summed E-state index contributed by atoms with van der Waals surface area (Å²) in [4.78, 5) is 21.6. The number of nitrogens with one attached hydrogen (secondary N) is 1. The summed E-state index contributed by atoms with van der Waals surface area (Å²) < 4.78 is 16.8. The average Bonchev–Trinajstić information content (AvgIpc) is 3.27. The van der Waals surface area contributed by atoms with E-state index in [0.717, 1.165) is 12.0 Å². The molecule has 1 unspecified atom stereocenters. The second kappa shape index (κ2) is 10.9. The third-order valence-electron chi connectivity index (χ3n) is 4.60. The Balaban J connectivity index is 1.84. The first-order chi connectivity index (χ1) is 15.4. The second-order valence-electron chi connectivity index (χ2n) is 7.46. The molecule has 0 aliphatic heterocycles. The largest absolute Gasteiger partial charge is 0.490 e. The monoisotopic (exact) mass is 458 g/mol. The number of rotatable bonds is 10. The van der Waals surface area contributed by atoms with E-state index in [1.165, 1.54) is 0 Å². The van der Waals surface area contributed by atoms with Crippen LogP contribution in [0.15, 0.2) is 41.2 Å². The van der Waals surface area contributed by atoms with E-state index >= 15 is 0 Å². The highest BCUT2D eigenvalue weighted by molar-refractivity contribution is 6.32. The van der Waals surface area contributed by atoms with Crippen LogP contribution in [0.4, 0.5) is 0 Å². The molecule has 2 heterocycles. The van der Waals surface area contributed by atoms with Crippen LogP contribution < -0.4 is 14.8 Å². The second-order valence-corrected chi connectivity index (χ2v) is 7.87. The SMILES string of the molecule is CCCOc1c(Cl)cc(C(=O)NC(c2nc(-c3cccnc3)no2)C(C)C)cc1OCC. The van der Waals surface area contributed by atoms with Gasteiger partial charge in [0, 0.05) is 23.5 Å². The van der Waals surface area contributed by atoms with Gasteiger partial charge in [-0.25, -0.2) is 0 Å². The molecule has 8 nitrogen and oxygen atoms in total. The van der Waals surface area contributed by atoms with E-state index in [-0.39, 0.29) is 11.8 Å². The Morgan fingerprint density at radius 3 is 2.72 bits per heavy atom. The maximum absolute atomic E-state index is 13.1. The minimum absolute atomic E-state index is 0.00450. The normalized spacial score (nSPS) is 11.9. The predicted octanol–water partition coefficient (Wildman–Crippen LogP) is 5.10. The summed E-state index contributed by atoms with van der Waals surface area (Å²) in [6, 6.07) is 6.33. The zero-order valence-corrected chi connectivity index (χ0v) is 19.3. The molecule has 0 saturated heterocycles. The van der Waals surface area contributed by atoms with Gasteiger partial charge in [-0.15, -0.1) is 0 Å². The number of benzene rings is 1. The van der Waals surface area contributed by atoms with E-state index in [2.05, 4.69) is 20.4 Å². The highest BCUT2D eigenvalue weighted by Crippen LogP contribution is 2.37. The number of nitrogens with zero attached hydrogens (tertiary/aromatic N) is 3. The maximum Gasteiger partial charge on any atom is 0.252 e. The van der Waals surface area contributed by atoms with Gasteiger partial charge >= 0.3 is 0 Å². The van der Waals surface area contributed by atoms with E-state index < -0.39 is 6.04 Å². The van der Waals surface area contributed by atoms with Crippen LogP contribution in [0, 0.1) is 5.92 Å². The molecule has 0 aliphatic rings. The van der Waals surface area contributed by atoms with Crippen molar-refractivity contribution in [2.45, 2.75) is 40.2 Å². The van der Waals surface area contributed by atoms with Crippen molar-refractivity contribution in [1.82, 2.24) is 20.4 Å². The third-order valence-corrected chi connectivity index (χ3v) is 4.88. The Morgan fingerprint density at radius 2 is 2.06 bits per heavy atom. The van der Waals surface area contributed by atoms with Crippen LogP contribution in [0.1, 0.15) is 56.4 Å². The fourth-order valence-corrected chi connectivity index (χ4v) is 3.28. The Bertz CT molecular complexity index is 1040. The van der Waals surface area contributed by atoms with Gasteiger partial charge in [0.15, 0.2) is 11.5 Å². The van der Waals surface area contributed by atoms with Gasteiger partial charge in [-0.2, -0.15) is 4.98 Å². The van der Waals surface area contributed by atoms with Crippen molar-refractivity contribution < 1.29 is 18.8 Å². The fourth-order valence-electron chi connectivity index (χ4n) is 3.02. The Kier molecular flexibility index (Phi) is 8.05. The van der Waals surface area contributed by atoms with Crippen LogP contribution in [0.5, 0.6) is 11.5 Å². The lowest BCUT2D eigenvalue weighted by molar-refractivity contribution is 0.0913. The number of halogens is 1. The smallest absolute Gasteiger partial charge is 0.252 e. The zero-order valence-electron chi connectivity index (χ0n) is 18.6. The minimum atomic E-state index is -0.495. The number of aromatic nitrogens is 3. The quantitative estimate of drug-likeness (QED) is 0.451. The molecule has 3 rings (SSSR count). The summed E-state index contributed by atoms with van der Waals surface area (Å²) in [5.74, 6) is 1.24. The van der Waals surface area contributed by atoms with Crippen molar-refractivity contribution >= 4 is 17.5 Å². The molecular formula is C23H27ClN4O4. The molecule has 170 valence electrons. The Hall–Kier alpha value is -3.13. The molecule has 2 aromatic heterocycles. The van der Waals surface area contributed by atoms with Crippen LogP contribution in [0.3, 0.4) is 0 Å². The number of pyridine rings is 1. The zero-order chi connectivity index (χ0) is 23.1. The molecule has 0 saturated carbocycles. The lowest BCUT2D eigenvalue weighted by Crippen LogP contribution is -2.32. The molecule has 3 aromatic rings. The van der Waals surface area contributed by atoms with Gasteiger partial charge in [0.25, 0.3) is 5.91 Å². The number of amides is 1. The van der Waals surface area contributed by atoms with Gasteiger partial charge in [-0.1, -0.05) is 37.5 Å². The molecule has 0 spiro atoms. The highest BCUT2D eigenvalue weighted by Gasteiger charge is 2.26. The van der Waals surface area contributed by atoms with E-state index in [4.69, 9.17) is 25.6 Å². The molecule has 0 bridgehead atoms. The summed E-state index contributed by atoms with van der Waals surface area (Å²) in [6.45, 7) is 8.68. The lowest BCUT2D eigenvalue weighted by Gasteiger charge is -2.19. The molecule has 0 aliphatic carbocycles. The molecule has 32 heavy (non-hydrogen) atoms. The average molecular weight is 459 g/mol. The first kappa shape index (κ1) is 23.5. The third kappa shape index (κ3) is 5.56. The summed E-state index contributed by atoms with van der Waals surface area (Å²) >= 11 is 6.41. The minimum Gasteiger partial charge on any atom is -0.490 e. The standard InChI is InChI=1S/C23H27ClN4O4/c1-5-10-31-20-17(24)11-16(12-18(20)30-6-2)22(29)26-19(14(3)4)23-27-21(28-32-23)15-8-7-9-25-13-15/h7-9,11-14,19H,5-6,10H2,1-4H3,(H,26,29). The van der Waals surface area contributed by atoms with E-state index in [0.29, 0.717) is 47.0 Å². The maximum atomic E-state index is 13.1. The van der Waals surface area contributed by atoms with Crippen molar-refractivity contribution in [2.24, 2.45) is 5.92 Å². The molecule has 1 N–H and O–H groups in total. The molecular weight excluding hydrogens is 432 g/mol. The molecule has 1 amide bonds. The van der Waals surface area contributed by atoms with Crippen LogP contribution in [0.2, 0.25) is 5.02 Å². The summed E-state index contributed by atoms with van der Waals surface area (Å²) in [5, 5.41) is 7.31. The van der Waals surface area contributed by atoms with Crippen LogP contribution in [-0.4, -0.2) is 34.2 Å². The van der Waals surface area contributed by atoms with Gasteiger partial charge in [-0.05, 0) is 43.5 Å². The topological polar surface area (TPSA) is 99.4 Å². The van der Waals surface area contributed by atoms with Gasteiger partial charge in [0.1, 0.15) is 6.04 Å². The predicted molar refractivity (Wildman–Crippen MR) is 121 cm³/mol. The molecule has 1 aromatic carbocycles. The van der Waals surface area contributed by atoms with Crippen molar-refractivity contribution in [3.8, 4) is 22.9 Å². The lowest BCUT2D eigenvalue weighted by atomic mass is 10.0. The van der Waals surface area contributed by atoms with Gasteiger partial charge in [-0.3, -0.25) is 9.78 Å². The molecule has 9 heteroatoms. The van der Waals surface area contributed by atoms with Crippen LogP contribution >= 0.6 is 11.6 Å². The van der Waals surface area contributed by atoms with Crippen molar-refractivity contribution in [3.05, 3.63) is 53.1 Å². The molecule has 1 atom stereocenters. The Labute approximate surface area is 192 Å². The highest BCUT2D eigenvalue weighted by atomic mass is 35.5. The van der Waals surface area contributed by atoms with E-state index in [1.807, 2.05) is 33.8 Å². The Morgan fingerprint density at radius 1 is 1.25 bits per heavy atom. The number of ether oxygens (including phenoxy) is 2. The summed E-state index contributed by atoms with van der Waals surface area (Å²) in [5.41, 5.74) is 1.08. The summed E-state index contributed by atoms with van der Waals surface area (Å²) in [7, 11) is 0. The van der Waals surface area contributed by atoms with Crippen LogP contribution in [-0.2, 0) is 0 Å². The number of carbonyl (C=O) groups excluding carboxylic acids is 1. The fraction of sp³-hybridized carbons (Fsp3) is 0.391. The van der Waals surface area contributed by atoms with E-state index in [1.54, 1.807) is 30.6 Å². The van der Waals surface area contributed by atoms with Gasteiger partial charge < -0.3 is 19.3 Å².